The van der Waals surface area contributed by atoms with Crippen molar-refractivity contribution in [1.82, 2.24) is 14.4 Å². The molecule has 0 bridgehead atoms. The van der Waals surface area contributed by atoms with E-state index in [0.717, 1.165) is 17.1 Å². The molecule has 94 valence electrons. The zero-order valence-corrected chi connectivity index (χ0v) is 12.4. The zero-order chi connectivity index (χ0) is 12.7. The van der Waals surface area contributed by atoms with Gasteiger partial charge in [0.25, 0.3) is 0 Å². The van der Waals surface area contributed by atoms with Crippen molar-refractivity contribution in [2.45, 2.75) is 25.9 Å². The van der Waals surface area contributed by atoms with E-state index in [-0.39, 0.29) is 0 Å². The predicted molar refractivity (Wildman–Crippen MR) is 80.3 cm³/mol. The third kappa shape index (κ3) is 2.21. The molecule has 2 aromatic rings. The molecule has 1 aliphatic rings. The Balaban J connectivity index is 1.83. The lowest BCUT2D eigenvalue weighted by Crippen LogP contribution is -2.23. The first kappa shape index (κ1) is 12.2. The Morgan fingerprint density at radius 3 is 3.11 bits per heavy atom. The molecule has 3 nitrogen and oxygen atoms in total. The smallest absolute Gasteiger partial charge is 0.185 e. The van der Waals surface area contributed by atoms with Crippen LogP contribution in [0, 0.1) is 5.92 Å². The fourth-order valence-corrected chi connectivity index (χ4v) is 3.30. The van der Waals surface area contributed by atoms with Crippen LogP contribution in [0.25, 0.3) is 10.9 Å². The molecular formula is C13H17BBrN3. The second-order valence-electron chi connectivity index (χ2n) is 5.42. The molecule has 0 radical (unpaired) electrons. The normalized spacial score (nSPS) is 25.0. The molecule has 2 aromatic heterocycles. The molecule has 2 atom stereocenters. The molecule has 0 aliphatic carbocycles. The van der Waals surface area contributed by atoms with Gasteiger partial charge in [-0.15, -0.1) is 0 Å². The van der Waals surface area contributed by atoms with Crippen LogP contribution in [0.5, 0.6) is 0 Å². The van der Waals surface area contributed by atoms with Gasteiger partial charge in [0.2, 0.25) is 0 Å². The Kier molecular flexibility index (Phi) is 3.20. The lowest BCUT2D eigenvalue weighted by Gasteiger charge is -2.13. The summed E-state index contributed by atoms with van der Waals surface area (Å²) in [7, 11) is 2.22. The molecule has 1 aliphatic heterocycles. The second kappa shape index (κ2) is 4.70. The van der Waals surface area contributed by atoms with Crippen molar-refractivity contribution < 1.29 is 0 Å². The van der Waals surface area contributed by atoms with Gasteiger partial charge in [-0.25, -0.2) is 4.98 Å². The van der Waals surface area contributed by atoms with Crippen molar-refractivity contribution in [3.05, 3.63) is 29.1 Å². The highest BCUT2D eigenvalue weighted by Crippen LogP contribution is 2.25. The Bertz CT molecular complexity index is 558. The van der Waals surface area contributed by atoms with E-state index in [0.29, 0.717) is 6.04 Å². The van der Waals surface area contributed by atoms with Crippen LogP contribution in [0.1, 0.15) is 13.3 Å². The molecular weight excluding hydrogens is 289 g/mol. The van der Waals surface area contributed by atoms with Crippen molar-refractivity contribution >= 4 is 34.8 Å². The van der Waals surface area contributed by atoms with Crippen LogP contribution in [0.3, 0.4) is 0 Å². The molecule has 5 heteroatoms. The van der Waals surface area contributed by atoms with Gasteiger partial charge in [0.05, 0.1) is 11.7 Å². The SMILES string of the molecule is BN1CC(Cn2ccc3cc(Br)ncc32)CC1C. The summed E-state index contributed by atoms with van der Waals surface area (Å²) in [6.07, 6.45) is 5.43. The number of hydrogen-bond donors (Lipinski definition) is 0. The van der Waals surface area contributed by atoms with Crippen LogP contribution in [0.15, 0.2) is 29.1 Å². The fraction of sp³-hybridized carbons (Fsp3) is 0.462. The van der Waals surface area contributed by atoms with Crippen LogP contribution in [0.4, 0.5) is 0 Å². The summed E-state index contributed by atoms with van der Waals surface area (Å²) in [5.41, 5.74) is 1.24. The third-order valence-electron chi connectivity index (χ3n) is 4.05. The molecule has 0 N–H and O–H groups in total. The minimum atomic E-state index is 0.712. The zero-order valence-electron chi connectivity index (χ0n) is 10.8. The quantitative estimate of drug-likeness (QED) is 0.625. The van der Waals surface area contributed by atoms with Gasteiger partial charge in [0.1, 0.15) is 4.60 Å². The van der Waals surface area contributed by atoms with Gasteiger partial charge in [-0.2, -0.15) is 0 Å². The molecule has 3 heterocycles. The average molecular weight is 306 g/mol. The number of nitrogens with zero attached hydrogens (tertiary/aromatic N) is 3. The van der Waals surface area contributed by atoms with Crippen LogP contribution in [0.2, 0.25) is 0 Å². The van der Waals surface area contributed by atoms with Crippen LogP contribution in [-0.2, 0) is 6.54 Å². The lowest BCUT2D eigenvalue weighted by molar-refractivity contribution is 0.436. The molecule has 0 saturated carbocycles. The molecule has 18 heavy (non-hydrogen) atoms. The Hall–Kier alpha value is -0.805. The Morgan fingerprint density at radius 1 is 1.56 bits per heavy atom. The number of hydrogen-bond acceptors (Lipinski definition) is 2. The van der Waals surface area contributed by atoms with Crippen molar-refractivity contribution in [3.63, 3.8) is 0 Å². The number of rotatable bonds is 2. The average Bonchev–Trinajstić information content (AvgIpc) is 2.84. The van der Waals surface area contributed by atoms with Crippen LogP contribution < -0.4 is 0 Å². The molecule has 0 amide bonds. The van der Waals surface area contributed by atoms with Crippen LogP contribution in [-0.4, -0.2) is 34.9 Å². The monoisotopic (exact) mass is 305 g/mol. The van der Waals surface area contributed by atoms with Gasteiger partial charge in [-0.1, -0.05) is 6.92 Å². The van der Waals surface area contributed by atoms with E-state index >= 15 is 0 Å². The lowest BCUT2D eigenvalue weighted by atomic mass is 10.1. The first-order valence-corrected chi connectivity index (χ1v) is 7.23. The van der Waals surface area contributed by atoms with E-state index in [1.165, 1.54) is 23.9 Å². The summed E-state index contributed by atoms with van der Waals surface area (Å²) in [6, 6.07) is 4.96. The predicted octanol–water partition coefficient (Wildman–Crippen LogP) is 2.06. The van der Waals surface area contributed by atoms with E-state index in [9.17, 15) is 0 Å². The summed E-state index contributed by atoms with van der Waals surface area (Å²) in [4.78, 5) is 6.78. The maximum absolute atomic E-state index is 4.33. The maximum Gasteiger partial charge on any atom is 0.185 e. The minimum absolute atomic E-state index is 0.712. The Labute approximate surface area is 117 Å². The summed E-state index contributed by atoms with van der Waals surface area (Å²) < 4.78 is 3.24. The number of halogens is 1. The summed E-state index contributed by atoms with van der Waals surface area (Å²) in [5, 5.41) is 1.26. The highest BCUT2D eigenvalue weighted by molar-refractivity contribution is 9.10. The number of pyridine rings is 1. The van der Waals surface area contributed by atoms with Crippen molar-refractivity contribution in [3.8, 4) is 0 Å². The van der Waals surface area contributed by atoms with Crippen LogP contribution >= 0.6 is 15.9 Å². The minimum Gasteiger partial charge on any atom is -0.346 e. The van der Waals surface area contributed by atoms with Crippen molar-refractivity contribution in [1.29, 1.82) is 0 Å². The van der Waals surface area contributed by atoms with Gasteiger partial charge in [-0.05, 0) is 53.0 Å². The first-order chi connectivity index (χ1) is 8.63. The Morgan fingerprint density at radius 2 is 2.39 bits per heavy atom. The maximum atomic E-state index is 4.33. The molecule has 1 fully saturated rings. The fourth-order valence-electron chi connectivity index (χ4n) is 2.95. The molecule has 1 saturated heterocycles. The largest absolute Gasteiger partial charge is 0.346 e. The third-order valence-corrected chi connectivity index (χ3v) is 4.49. The van der Waals surface area contributed by atoms with Crippen molar-refractivity contribution in [2.75, 3.05) is 6.54 Å². The van der Waals surface area contributed by atoms with E-state index in [1.54, 1.807) is 0 Å². The van der Waals surface area contributed by atoms with E-state index in [1.807, 2.05) is 6.20 Å². The summed E-state index contributed by atoms with van der Waals surface area (Å²) in [6.45, 7) is 4.61. The first-order valence-electron chi connectivity index (χ1n) is 6.44. The van der Waals surface area contributed by atoms with E-state index in [4.69, 9.17) is 0 Å². The summed E-state index contributed by atoms with van der Waals surface area (Å²) >= 11 is 3.42. The van der Waals surface area contributed by atoms with Gasteiger partial charge < -0.3 is 9.38 Å². The highest BCUT2D eigenvalue weighted by Gasteiger charge is 2.25. The molecule has 2 unspecified atom stereocenters. The molecule has 0 aromatic carbocycles. The number of aromatic nitrogens is 2. The van der Waals surface area contributed by atoms with Gasteiger partial charge in [-0.3, -0.25) is 0 Å². The van der Waals surface area contributed by atoms with E-state index < -0.39 is 0 Å². The highest BCUT2D eigenvalue weighted by atomic mass is 79.9. The second-order valence-corrected chi connectivity index (χ2v) is 6.24. The van der Waals surface area contributed by atoms with Gasteiger partial charge in [0.15, 0.2) is 7.98 Å². The van der Waals surface area contributed by atoms with E-state index in [2.05, 4.69) is 63.5 Å². The van der Waals surface area contributed by atoms with Crippen molar-refractivity contribution in [2.24, 2.45) is 5.92 Å². The standard InChI is InChI=1S/C13H17BBrN3/c1-9-4-10(8-18(9)14)7-17-3-2-11-5-13(15)16-6-12(11)17/h2-3,5-6,9-10H,4,7-8,14H2,1H3. The van der Waals surface area contributed by atoms with Gasteiger partial charge in [0, 0.05) is 18.1 Å². The van der Waals surface area contributed by atoms with Gasteiger partial charge >= 0.3 is 0 Å². The topological polar surface area (TPSA) is 21.1 Å². The molecule has 0 spiro atoms. The summed E-state index contributed by atoms with van der Waals surface area (Å²) in [5.74, 6) is 0.754. The number of fused-ring (bicyclic) bond motifs is 1. The molecule has 3 rings (SSSR count).